The van der Waals surface area contributed by atoms with Gasteiger partial charge in [-0.3, -0.25) is 9.59 Å². The number of hydrogen-bond acceptors (Lipinski definition) is 4. The number of hydrogen-bond donors (Lipinski definition) is 4. The summed E-state index contributed by atoms with van der Waals surface area (Å²) in [5, 5.41) is 23.3. The summed E-state index contributed by atoms with van der Waals surface area (Å²) < 4.78 is 0. The van der Waals surface area contributed by atoms with E-state index in [9.17, 15) is 9.59 Å². The van der Waals surface area contributed by atoms with Gasteiger partial charge in [-0.05, 0) is 30.9 Å². The van der Waals surface area contributed by atoms with Gasteiger partial charge in [0, 0.05) is 24.2 Å². The summed E-state index contributed by atoms with van der Waals surface area (Å²) in [4.78, 5) is 23.0. The highest BCUT2D eigenvalue weighted by Crippen LogP contribution is 1.97. The fraction of sp³-hybridized carbons (Fsp3) is 0.286. The minimum atomic E-state index is -1.54. The van der Waals surface area contributed by atoms with Gasteiger partial charge in [-0.25, -0.2) is 0 Å². The van der Waals surface area contributed by atoms with Crippen molar-refractivity contribution in [1.29, 1.82) is 0 Å². The Kier molecular flexibility index (Phi) is 6.64. The molecular weight excluding hydrogens is 271 g/mol. The van der Waals surface area contributed by atoms with Gasteiger partial charge in [0.05, 0.1) is 0 Å². The Balaban J connectivity index is 2.31. The van der Waals surface area contributed by atoms with Gasteiger partial charge >= 0.3 is 7.12 Å². The Morgan fingerprint density at radius 1 is 1.14 bits per heavy atom. The minimum Gasteiger partial charge on any atom is -0.423 e. The number of carbonyl (C=O) groups excluding carboxylic acids is 2. The molecule has 0 unspecified atom stereocenters. The molecule has 0 aromatic heterocycles. The molecule has 21 heavy (non-hydrogen) atoms. The second-order valence-electron chi connectivity index (χ2n) is 4.64. The van der Waals surface area contributed by atoms with Crippen molar-refractivity contribution >= 4 is 24.4 Å². The molecule has 6 nitrogen and oxygen atoms in total. The van der Waals surface area contributed by atoms with Crippen LogP contribution in [0.2, 0.25) is 0 Å². The van der Waals surface area contributed by atoms with Crippen LogP contribution in [0.3, 0.4) is 0 Å². The lowest BCUT2D eigenvalue weighted by atomic mass is 9.80. The molecule has 1 rings (SSSR count). The zero-order chi connectivity index (χ0) is 15.8. The molecule has 0 saturated heterocycles. The van der Waals surface area contributed by atoms with Crippen LogP contribution in [0.15, 0.2) is 36.4 Å². The monoisotopic (exact) mass is 290 g/mol. The molecule has 0 aliphatic rings. The molecule has 2 amide bonds. The number of carbonyl (C=O) groups is 2. The predicted molar refractivity (Wildman–Crippen MR) is 81.0 cm³/mol. The van der Waals surface area contributed by atoms with E-state index in [4.69, 9.17) is 10.0 Å². The van der Waals surface area contributed by atoms with Crippen LogP contribution in [0.1, 0.15) is 23.7 Å². The Morgan fingerprint density at radius 2 is 1.71 bits per heavy atom. The van der Waals surface area contributed by atoms with Crippen molar-refractivity contribution in [3.8, 4) is 0 Å². The van der Waals surface area contributed by atoms with Crippen LogP contribution < -0.4 is 16.1 Å². The summed E-state index contributed by atoms with van der Waals surface area (Å²) in [7, 11) is -1.54. The van der Waals surface area contributed by atoms with Crippen molar-refractivity contribution in [1.82, 2.24) is 10.6 Å². The maximum atomic E-state index is 11.8. The third kappa shape index (κ3) is 5.80. The van der Waals surface area contributed by atoms with Crippen LogP contribution in [0, 0.1) is 0 Å². The number of amides is 2. The standard InChI is InChI=1S/C14H19BN2O4/c1-10(2)13(18)16-8-3-9-17-14(19)11-4-6-12(7-5-11)15(20)21/h4-7,20-21H,1,3,8-9H2,2H3,(H,16,18)(H,17,19). The smallest absolute Gasteiger partial charge is 0.423 e. The van der Waals surface area contributed by atoms with Crippen LogP contribution in [0.25, 0.3) is 0 Å². The molecule has 0 radical (unpaired) electrons. The second-order valence-corrected chi connectivity index (χ2v) is 4.64. The van der Waals surface area contributed by atoms with E-state index in [1.807, 2.05) is 0 Å². The SMILES string of the molecule is C=C(C)C(=O)NCCCNC(=O)c1ccc(B(O)O)cc1. The quantitative estimate of drug-likeness (QED) is 0.299. The van der Waals surface area contributed by atoms with Crippen LogP contribution in [0.5, 0.6) is 0 Å². The van der Waals surface area contributed by atoms with E-state index in [2.05, 4.69) is 17.2 Å². The van der Waals surface area contributed by atoms with E-state index in [0.29, 0.717) is 36.1 Å². The minimum absolute atomic E-state index is 0.195. The maximum absolute atomic E-state index is 11.8. The van der Waals surface area contributed by atoms with Gasteiger partial charge < -0.3 is 20.7 Å². The van der Waals surface area contributed by atoms with E-state index in [1.165, 1.54) is 24.3 Å². The Bertz CT molecular complexity index is 514. The average Bonchev–Trinajstić information content (AvgIpc) is 2.46. The summed E-state index contributed by atoms with van der Waals surface area (Å²) in [5.74, 6) is -0.445. The lowest BCUT2D eigenvalue weighted by molar-refractivity contribution is -0.117. The zero-order valence-corrected chi connectivity index (χ0v) is 11.9. The molecule has 1 aromatic rings. The zero-order valence-electron chi connectivity index (χ0n) is 11.9. The van der Waals surface area contributed by atoms with E-state index in [1.54, 1.807) is 6.92 Å². The van der Waals surface area contributed by atoms with Crippen molar-refractivity contribution in [2.45, 2.75) is 13.3 Å². The van der Waals surface area contributed by atoms with Crippen molar-refractivity contribution in [2.75, 3.05) is 13.1 Å². The van der Waals surface area contributed by atoms with Gasteiger partial charge in [-0.1, -0.05) is 18.7 Å². The molecule has 0 fully saturated rings. The fourth-order valence-corrected chi connectivity index (χ4v) is 1.55. The number of benzene rings is 1. The van der Waals surface area contributed by atoms with E-state index in [0.717, 1.165) is 0 Å². The first-order valence-corrected chi connectivity index (χ1v) is 6.60. The predicted octanol–water partition coefficient (Wildman–Crippen LogP) is -0.821. The summed E-state index contributed by atoms with van der Waals surface area (Å²) in [6.07, 6.45) is 0.609. The molecule has 0 heterocycles. The van der Waals surface area contributed by atoms with E-state index < -0.39 is 7.12 Å². The summed E-state index contributed by atoms with van der Waals surface area (Å²) in [6.45, 7) is 6.04. The first kappa shape index (κ1) is 16.9. The molecule has 112 valence electrons. The van der Waals surface area contributed by atoms with Crippen LogP contribution in [-0.4, -0.2) is 42.1 Å². The largest absolute Gasteiger partial charge is 0.488 e. The lowest BCUT2D eigenvalue weighted by Gasteiger charge is -2.07. The Labute approximate surface area is 124 Å². The normalized spacial score (nSPS) is 9.86. The van der Waals surface area contributed by atoms with E-state index in [-0.39, 0.29) is 11.8 Å². The lowest BCUT2D eigenvalue weighted by Crippen LogP contribution is -2.31. The first-order chi connectivity index (χ1) is 9.91. The van der Waals surface area contributed by atoms with Gasteiger partial charge in [0.2, 0.25) is 5.91 Å². The third-order valence-electron chi connectivity index (χ3n) is 2.78. The van der Waals surface area contributed by atoms with Gasteiger partial charge in [-0.2, -0.15) is 0 Å². The van der Waals surface area contributed by atoms with Crippen LogP contribution in [0.4, 0.5) is 0 Å². The summed E-state index contributed by atoms with van der Waals surface area (Å²) in [5.41, 5.74) is 1.21. The van der Waals surface area contributed by atoms with Gasteiger partial charge in [-0.15, -0.1) is 0 Å². The summed E-state index contributed by atoms with van der Waals surface area (Å²) >= 11 is 0. The fourth-order valence-electron chi connectivity index (χ4n) is 1.55. The molecule has 0 bridgehead atoms. The van der Waals surface area contributed by atoms with Crippen molar-refractivity contribution in [3.05, 3.63) is 42.0 Å². The number of nitrogens with one attached hydrogen (secondary N) is 2. The first-order valence-electron chi connectivity index (χ1n) is 6.60. The van der Waals surface area contributed by atoms with Crippen LogP contribution >= 0.6 is 0 Å². The Hall–Kier alpha value is -2.12. The van der Waals surface area contributed by atoms with Crippen LogP contribution in [-0.2, 0) is 4.79 Å². The molecule has 0 saturated carbocycles. The molecule has 0 aliphatic carbocycles. The van der Waals surface area contributed by atoms with Gasteiger partial charge in [0.15, 0.2) is 0 Å². The Morgan fingerprint density at radius 3 is 2.24 bits per heavy atom. The molecule has 7 heteroatoms. The molecule has 0 aliphatic heterocycles. The van der Waals surface area contributed by atoms with Gasteiger partial charge in [0.25, 0.3) is 5.91 Å². The third-order valence-corrected chi connectivity index (χ3v) is 2.78. The van der Waals surface area contributed by atoms with Crippen molar-refractivity contribution in [3.63, 3.8) is 0 Å². The molecular formula is C14H19BN2O4. The van der Waals surface area contributed by atoms with Crippen molar-refractivity contribution in [2.24, 2.45) is 0 Å². The molecule has 4 N–H and O–H groups in total. The highest BCUT2D eigenvalue weighted by Gasteiger charge is 2.11. The molecule has 0 atom stereocenters. The van der Waals surface area contributed by atoms with E-state index >= 15 is 0 Å². The maximum Gasteiger partial charge on any atom is 0.488 e. The second kappa shape index (κ2) is 8.23. The van der Waals surface area contributed by atoms with Gasteiger partial charge in [0.1, 0.15) is 0 Å². The number of rotatable bonds is 7. The molecule has 1 aromatic carbocycles. The van der Waals surface area contributed by atoms with Crippen molar-refractivity contribution < 1.29 is 19.6 Å². The average molecular weight is 290 g/mol. The summed E-state index contributed by atoms with van der Waals surface area (Å²) in [6, 6.07) is 6.00. The highest BCUT2D eigenvalue weighted by molar-refractivity contribution is 6.58. The highest BCUT2D eigenvalue weighted by atomic mass is 16.4. The molecule has 0 spiro atoms. The topological polar surface area (TPSA) is 98.7 Å².